The first-order chi connectivity index (χ1) is 13.9. The highest BCUT2D eigenvalue weighted by Gasteiger charge is 2.62. The first-order valence-corrected chi connectivity index (χ1v) is 12.1. The predicted molar refractivity (Wildman–Crippen MR) is 121 cm³/mol. The molecule has 3 aliphatic rings. The van der Waals surface area contributed by atoms with Crippen LogP contribution in [-0.4, -0.2) is 41.9 Å². The molecule has 0 aromatic rings. The van der Waals surface area contributed by atoms with Gasteiger partial charge < -0.3 is 19.7 Å². The summed E-state index contributed by atoms with van der Waals surface area (Å²) in [5.74, 6) is 1.31. The van der Waals surface area contributed by atoms with Gasteiger partial charge in [0.15, 0.2) is 5.79 Å². The van der Waals surface area contributed by atoms with Crippen molar-refractivity contribution in [3.63, 3.8) is 0 Å². The van der Waals surface area contributed by atoms with Crippen LogP contribution in [0.15, 0.2) is 12.2 Å². The van der Waals surface area contributed by atoms with Gasteiger partial charge in [0.2, 0.25) is 0 Å². The fraction of sp³-hybridized carbons (Fsp3) is 0.923. The Morgan fingerprint density at radius 1 is 1.13 bits per heavy atom. The SMILES string of the molecule is C=C(CO)CC(O)CC(C)(C)C(C)(C)C(C)C1CCC2C3(CCCC12C)OCCO3. The molecule has 1 saturated heterocycles. The van der Waals surface area contributed by atoms with Gasteiger partial charge in [-0.05, 0) is 72.2 Å². The van der Waals surface area contributed by atoms with E-state index in [1.807, 2.05) is 0 Å². The summed E-state index contributed by atoms with van der Waals surface area (Å²) >= 11 is 0. The zero-order chi connectivity index (χ0) is 22.4. The Labute approximate surface area is 184 Å². The Kier molecular flexibility index (Phi) is 6.86. The summed E-state index contributed by atoms with van der Waals surface area (Å²) in [6.45, 7) is 19.6. The van der Waals surface area contributed by atoms with Crippen LogP contribution in [0.4, 0.5) is 0 Å². The van der Waals surface area contributed by atoms with Gasteiger partial charge in [0, 0.05) is 12.3 Å². The Hall–Kier alpha value is -0.420. The number of rotatable bonds is 8. The van der Waals surface area contributed by atoms with Gasteiger partial charge in [0.05, 0.1) is 25.9 Å². The summed E-state index contributed by atoms with van der Waals surface area (Å²) in [7, 11) is 0. The van der Waals surface area contributed by atoms with E-state index in [9.17, 15) is 10.2 Å². The Balaban J connectivity index is 1.77. The van der Waals surface area contributed by atoms with Crippen LogP contribution in [0.1, 0.15) is 86.5 Å². The first kappa shape index (κ1) is 24.2. The van der Waals surface area contributed by atoms with Crippen molar-refractivity contribution in [3.05, 3.63) is 12.2 Å². The minimum absolute atomic E-state index is 0.0390. The smallest absolute Gasteiger partial charge is 0.171 e. The highest BCUT2D eigenvalue weighted by Crippen LogP contribution is 2.65. The number of aliphatic hydroxyl groups is 2. The molecule has 1 heterocycles. The predicted octanol–water partition coefficient (Wildman–Crippen LogP) is 5.32. The average molecular weight is 423 g/mol. The molecule has 4 heteroatoms. The summed E-state index contributed by atoms with van der Waals surface area (Å²) in [5, 5.41) is 19.9. The van der Waals surface area contributed by atoms with E-state index >= 15 is 0 Å². The van der Waals surface area contributed by atoms with Crippen LogP contribution in [0.3, 0.4) is 0 Å². The maximum absolute atomic E-state index is 10.7. The summed E-state index contributed by atoms with van der Waals surface area (Å²) in [5.41, 5.74) is 0.973. The van der Waals surface area contributed by atoms with Gasteiger partial charge in [0.1, 0.15) is 0 Å². The topological polar surface area (TPSA) is 58.9 Å². The molecule has 3 fully saturated rings. The first-order valence-electron chi connectivity index (χ1n) is 12.1. The van der Waals surface area contributed by atoms with Crippen LogP contribution in [0, 0.1) is 34.0 Å². The molecule has 0 aromatic carbocycles. The molecule has 3 rings (SSSR count). The van der Waals surface area contributed by atoms with E-state index in [4.69, 9.17) is 9.47 Å². The molecule has 2 N–H and O–H groups in total. The third-order valence-corrected chi connectivity index (χ3v) is 9.94. The lowest BCUT2D eigenvalue weighted by atomic mass is 9.52. The van der Waals surface area contributed by atoms with E-state index in [0.717, 1.165) is 19.6 Å². The van der Waals surface area contributed by atoms with Crippen molar-refractivity contribution in [1.82, 2.24) is 0 Å². The molecule has 174 valence electrons. The van der Waals surface area contributed by atoms with Crippen LogP contribution in [-0.2, 0) is 9.47 Å². The molecule has 5 atom stereocenters. The Bertz CT molecular complexity index is 619. The van der Waals surface area contributed by atoms with E-state index < -0.39 is 6.10 Å². The highest BCUT2D eigenvalue weighted by atomic mass is 16.7. The van der Waals surface area contributed by atoms with Crippen LogP contribution >= 0.6 is 0 Å². The van der Waals surface area contributed by atoms with Gasteiger partial charge >= 0.3 is 0 Å². The summed E-state index contributed by atoms with van der Waals surface area (Å²) in [6, 6.07) is 0. The number of hydrogen-bond acceptors (Lipinski definition) is 4. The number of fused-ring (bicyclic) bond motifs is 2. The van der Waals surface area contributed by atoms with Crippen molar-refractivity contribution in [3.8, 4) is 0 Å². The van der Waals surface area contributed by atoms with Crippen LogP contribution in [0.2, 0.25) is 0 Å². The summed E-state index contributed by atoms with van der Waals surface area (Å²) in [6.07, 6.45) is 6.65. The second kappa shape index (κ2) is 8.50. The molecule has 0 amide bonds. The molecule has 0 bridgehead atoms. The van der Waals surface area contributed by atoms with Gasteiger partial charge in [-0.25, -0.2) is 0 Å². The van der Waals surface area contributed by atoms with Crippen LogP contribution in [0.5, 0.6) is 0 Å². The van der Waals surface area contributed by atoms with Gasteiger partial charge in [-0.3, -0.25) is 0 Å². The van der Waals surface area contributed by atoms with E-state index in [0.29, 0.717) is 36.2 Å². The number of aliphatic hydroxyl groups excluding tert-OH is 2. The van der Waals surface area contributed by atoms with Gasteiger partial charge in [-0.15, -0.1) is 0 Å². The zero-order valence-corrected chi connectivity index (χ0v) is 20.3. The van der Waals surface area contributed by atoms with Crippen molar-refractivity contribution in [2.75, 3.05) is 19.8 Å². The van der Waals surface area contributed by atoms with E-state index in [1.54, 1.807) is 0 Å². The monoisotopic (exact) mass is 422 g/mol. The molecule has 2 saturated carbocycles. The molecule has 1 aliphatic heterocycles. The Morgan fingerprint density at radius 2 is 1.77 bits per heavy atom. The lowest BCUT2D eigenvalue weighted by Gasteiger charge is -2.55. The van der Waals surface area contributed by atoms with Crippen LogP contribution < -0.4 is 0 Å². The average Bonchev–Trinajstić information content (AvgIpc) is 3.25. The summed E-state index contributed by atoms with van der Waals surface area (Å²) in [4.78, 5) is 0. The van der Waals surface area contributed by atoms with Crippen molar-refractivity contribution in [2.24, 2.45) is 34.0 Å². The van der Waals surface area contributed by atoms with Crippen molar-refractivity contribution in [1.29, 1.82) is 0 Å². The van der Waals surface area contributed by atoms with E-state index in [2.05, 4.69) is 48.1 Å². The maximum Gasteiger partial charge on any atom is 0.171 e. The highest BCUT2D eigenvalue weighted by molar-refractivity contribution is 5.09. The van der Waals surface area contributed by atoms with Crippen molar-refractivity contribution < 1.29 is 19.7 Å². The van der Waals surface area contributed by atoms with Crippen molar-refractivity contribution >= 4 is 0 Å². The fourth-order valence-electron chi connectivity index (χ4n) is 7.31. The third kappa shape index (κ3) is 4.02. The maximum atomic E-state index is 10.7. The largest absolute Gasteiger partial charge is 0.393 e. The number of ether oxygens (including phenoxy) is 2. The second-order valence-corrected chi connectivity index (χ2v) is 12.0. The minimum atomic E-state index is -0.462. The molecule has 30 heavy (non-hydrogen) atoms. The lowest BCUT2D eigenvalue weighted by Crippen LogP contribution is -2.53. The summed E-state index contributed by atoms with van der Waals surface area (Å²) < 4.78 is 12.5. The van der Waals surface area contributed by atoms with Crippen LogP contribution in [0.25, 0.3) is 0 Å². The molecule has 0 radical (unpaired) electrons. The van der Waals surface area contributed by atoms with E-state index in [-0.39, 0.29) is 28.6 Å². The second-order valence-electron chi connectivity index (χ2n) is 12.0. The molecular weight excluding hydrogens is 376 g/mol. The normalized spacial score (nSPS) is 33.5. The van der Waals surface area contributed by atoms with Gasteiger partial charge in [0.25, 0.3) is 0 Å². The fourth-order valence-corrected chi connectivity index (χ4v) is 7.31. The third-order valence-electron chi connectivity index (χ3n) is 9.94. The quantitative estimate of drug-likeness (QED) is 0.520. The molecular formula is C26H46O4. The molecule has 4 nitrogen and oxygen atoms in total. The minimum Gasteiger partial charge on any atom is -0.393 e. The molecule has 2 aliphatic carbocycles. The standard InChI is InChI=1S/C26H46O4/c1-18(17-27)15-20(28)16-23(3,4)24(5,6)19(2)21-9-10-22-25(21,7)11-8-12-26(22)29-13-14-30-26/h19-22,27-28H,1,8-17H2,2-7H3. The van der Waals surface area contributed by atoms with Crippen molar-refractivity contribution in [2.45, 2.75) is 98.4 Å². The zero-order valence-electron chi connectivity index (χ0n) is 20.3. The number of hydrogen-bond donors (Lipinski definition) is 2. The molecule has 1 spiro atoms. The van der Waals surface area contributed by atoms with Gasteiger partial charge in [-0.1, -0.05) is 48.1 Å². The lowest BCUT2D eigenvalue weighted by molar-refractivity contribution is -0.243. The Morgan fingerprint density at radius 3 is 2.37 bits per heavy atom. The van der Waals surface area contributed by atoms with Gasteiger partial charge in [-0.2, -0.15) is 0 Å². The molecule has 5 unspecified atom stereocenters. The van der Waals surface area contributed by atoms with E-state index in [1.165, 1.54) is 25.7 Å². The molecule has 0 aromatic heterocycles.